The molecule has 0 unspecified atom stereocenters. The summed E-state index contributed by atoms with van der Waals surface area (Å²) in [6.07, 6.45) is 3.56. The molecule has 0 bridgehead atoms. The third-order valence-electron chi connectivity index (χ3n) is 5.63. The maximum atomic E-state index is 13.6. The van der Waals surface area contributed by atoms with Gasteiger partial charge in [-0.05, 0) is 55.2 Å². The van der Waals surface area contributed by atoms with Gasteiger partial charge in [0.05, 0.1) is 21.2 Å². The average molecular weight is 428 g/mol. The molecule has 1 N–H and O–H groups in total. The van der Waals surface area contributed by atoms with Crippen molar-refractivity contribution in [2.75, 3.05) is 11.9 Å². The van der Waals surface area contributed by atoms with Crippen LogP contribution >= 0.6 is 11.3 Å². The number of amides is 1. The summed E-state index contributed by atoms with van der Waals surface area (Å²) < 4.78 is 29.8. The highest BCUT2D eigenvalue weighted by Crippen LogP contribution is 2.39. The lowest BCUT2D eigenvalue weighted by Gasteiger charge is -2.33. The van der Waals surface area contributed by atoms with Gasteiger partial charge in [0.25, 0.3) is 0 Å². The summed E-state index contributed by atoms with van der Waals surface area (Å²) in [5.41, 5.74) is 2.50. The Labute approximate surface area is 173 Å². The summed E-state index contributed by atoms with van der Waals surface area (Å²) in [4.78, 5) is 16.6. The smallest absolute Gasteiger partial charge is 0.243 e. The highest BCUT2D eigenvalue weighted by molar-refractivity contribution is 7.89. The van der Waals surface area contributed by atoms with Crippen LogP contribution < -0.4 is 5.32 Å². The zero-order chi connectivity index (χ0) is 20.0. The molecular formula is C21H21N3O3S2. The molecule has 1 saturated heterocycles. The van der Waals surface area contributed by atoms with Gasteiger partial charge in [-0.1, -0.05) is 18.6 Å². The fourth-order valence-corrected chi connectivity index (χ4v) is 7.02. The minimum absolute atomic E-state index is 0.0277. The minimum atomic E-state index is -3.66. The first-order valence-corrected chi connectivity index (χ1v) is 12.1. The highest BCUT2D eigenvalue weighted by atomic mass is 32.2. The fraction of sp³-hybridized carbons (Fsp3) is 0.333. The first-order chi connectivity index (χ1) is 14.0. The third kappa shape index (κ3) is 3.35. The van der Waals surface area contributed by atoms with Crippen molar-refractivity contribution in [2.24, 2.45) is 0 Å². The number of anilines is 1. The van der Waals surface area contributed by atoms with E-state index in [1.54, 1.807) is 33.8 Å². The predicted molar refractivity (Wildman–Crippen MR) is 113 cm³/mol. The van der Waals surface area contributed by atoms with E-state index in [0.717, 1.165) is 40.1 Å². The van der Waals surface area contributed by atoms with Gasteiger partial charge in [-0.2, -0.15) is 4.31 Å². The third-order valence-corrected chi connectivity index (χ3v) is 8.67. The molecule has 8 heteroatoms. The van der Waals surface area contributed by atoms with Crippen LogP contribution in [0.3, 0.4) is 0 Å². The highest BCUT2D eigenvalue weighted by Gasteiger charge is 2.36. The van der Waals surface area contributed by atoms with E-state index in [1.165, 1.54) is 0 Å². The molecule has 5 rings (SSSR count). The standard InChI is InChI=1S/C21H21N3O3S2/c25-20-11-8-14-13-15(9-10-16(14)22-20)29(26,27)24-12-4-3-6-18(24)21-23-17-5-1-2-7-19(17)28-21/h1-2,5,7,9-10,13,18H,3-4,6,8,11-12H2,(H,22,25)/t18-/m1/s1. The summed E-state index contributed by atoms with van der Waals surface area (Å²) in [7, 11) is -3.66. The monoisotopic (exact) mass is 427 g/mol. The number of nitrogens with one attached hydrogen (secondary N) is 1. The first kappa shape index (κ1) is 18.7. The zero-order valence-electron chi connectivity index (χ0n) is 15.8. The molecule has 1 fully saturated rings. The molecule has 6 nitrogen and oxygen atoms in total. The van der Waals surface area contributed by atoms with Gasteiger partial charge in [0.1, 0.15) is 5.01 Å². The van der Waals surface area contributed by atoms with E-state index in [4.69, 9.17) is 4.98 Å². The summed E-state index contributed by atoms with van der Waals surface area (Å²) in [5, 5.41) is 3.67. The van der Waals surface area contributed by atoms with Crippen molar-refractivity contribution in [1.82, 2.24) is 9.29 Å². The number of carbonyl (C=O) groups excluding carboxylic acids is 1. The summed E-state index contributed by atoms with van der Waals surface area (Å²) in [5.74, 6) is -0.0277. The fourth-order valence-electron chi connectivity index (χ4n) is 4.13. The molecule has 2 aliphatic rings. The Morgan fingerprint density at radius 2 is 1.97 bits per heavy atom. The Hall–Kier alpha value is -2.29. The topological polar surface area (TPSA) is 79.4 Å². The number of aryl methyl sites for hydroxylation is 1. The Bertz CT molecular complexity index is 1170. The minimum Gasteiger partial charge on any atom is -0.326 e. The molecule has 150 valence electrons. The van der Waals surface area contributed by atoms with Gasteiger partial charge in [-0.3, -0.25) is 4.79 Å². The maximum Gasteiger partial charge on any atom is 0.243 e. The second-order valence-electron chi connectivity index (χ2n) is 7.51. The lowest BCUT2D eigenvalue weighted by molar-refractivity contribution is -0.116. The van der Waals surface area contributed by atoms with Gasteiger partial charge >= 0.3 is 0 Å². The van der Waals surface area contributed by atoms with Crippen LogP contribution in [0.15, 0.2) is 47.4 Å². The normalized spacial score (nSPS) is 20.4. The van der Waals surface area contributed by atoms with Crippen LogP contribution in [0.4, 0.5) is 5.69 Å². The number of piperidine rings is 1. The Kier molecular flexibility index (Phi) is 4.64. The van der Waals surface area contributed by atoms with Crippen LogP contribution in [0.1, 0.15) is 42.3 Å². The van der Waals surface area contributed by atoms with Gasteiger partial charge in [0.2, 0.25) is 15.9 Å². The molecule has 1 aromatic heterocycles. The number of fused-ring (bicyclic) bond motifs is 2. The van der Waals surface area contributed by atoms with E-state index in [-0.39, 0.29) is 11.9 Å². The van der Waals surface area contributed by atoms with Crippen molar-refractivity contribution >= 4 is 43.2 Å². The van der Waals surface area contributed by atoms with Gasteiger partial charge in [-0.25, -0.2) is 13.4 Å². The molecule has 0 aliphatic carbocycles. The number of nitrogens with zero attached hydrogens (tertiary/aromatic N) is 2. The van der Waals surface area contributed by atoms with E-state index in [2.05, 4.69) is 5.32 Å². The first-order valence-electron chi connectivity index (χ1n) is 9.82. The Morgan fingerprint density at radius 3 is 2.83 bits per heavy atom. The van der Waals surface area contributed by atoms with Gasteiger partial charge in [0, 0.05) is 18.7 Å². The molecule has 0 spiro atoms. The number of para-hydroxylation sites is 1. The number of carbonyl (C=O) groups is 1. The average Bonchev–Trinajstić information content (AvgIpc) is 3.17. The van der Waals surface area contributed by atoms with Crippen LogP contribution in [-0.4, -0.2) is 30.2 Å². The van der Waals surface area contributed by atoms with E-state index < -0.39 is 10.0 Å². The molecule has 1 atom stereocenters. The molecule has 2 aromatic carbocycles. The number of aromatic nitrogens is 1. The summed E-state index contributed by atoms with van der Waals surface area (Å²) in [6, 6.07) is 12.7. The second kappa shape index (κ2) is 7.19. The van der Waals surface area contributed by atoms with Crippen LogP contribution in [0, 0.1) is 0 Å². The van der Waals surface area contributed by atoms with Crippen LogP contribution in [-0.2, 0) is 21.2 Å². The van der Waals surface area contributed by atoms with E-state index in [9.17, 15) is 13.2 Å². The quantitative estimate of drug-likeness (QED) is 0.683. The van der Waals surface area contributed by atoms with Crippen LogP contribution in [0.2, 0.25) is 0 Å². The van der Waals surface area contributed by atoms with Crippen molar-refractivity contribution in [3.8, 4) is 0 Å². The lowest BCUT2D eigenvalue weighted by atomic mass is 10.0. The SMILES string of the molecule is O=C1CCc2cc(S(=O)(=O)N3CCCC[C@@H]3c3nc4ccccc4s3)ccc2N1. The zero-order valence-corrected chi connectivity index (χ0v) is 17.4. The molecule has 0 saturated carbocycles. The summed E-state index contributed by atoms with van der Waals surface area (Å²) >= 11 is 1.58. The second-order valence-corrected chi connectivity index (χ2v) is 10.5. The molecule has 2 aliphatic heterocycles. The number of hydrogen-bond acceptors (Lipinski definition) is 5. The van der Waals surface area contributed by atoms with Crippen molar-refractivity contribution in [3.05, 3.63) is 53.0 Å². The predicted octanol–water partition coefficient (Wildman–Crippen LogP) is 4.10. The molecule has 0 radical (unpaired) electrons. The molecule has 1 amide bonds. The van der Waals surface area contributed by atoms with Crippen LogP contribution in [0.5, 0.6) is 0 Å². The van der Waals surface area contributed by atoms with Gasteiger partial charge in [0.15, 0.2) is 0 Å². The van der Waals surface area contributed by atoms with E-state index >= 15 is 0 Å². The molecule has 3 heterocycles. The molecule has 3 aromatic rings. The number of thiazole rings is 1. The van der Waals surface area contributed by atoms with E-state index in [0.29, 0.717) is 30.0 Å². The van der Waals surface area contributed by atoms with Gasteiger partial charge < -0.3 is 5.32 Å². The van der Waals surface area contributed by atoms with E-state index in [1.807, 2.05) is 24.3 Å². The largest absolute Gasteiger partial charge is 0.326 e. The number of hydrogen-bond donors (Lipinski definition) is 1. The van der Waals surface area contributed by atoms with Crippen molar-refractivity contribution in [3.63, 3.8) is 0 Å². The van der Waals surface area contributed by atoms with Crippen molar-refractivity contribution in [1.29, 1.82) is 0 Å². The summed E-state index contributed by atoms with van der Waals surface area (Å²) in [6.45, 7) is 0.497. The van der Waals surface area contributed by atoms with Crippen molar-refractivity contribution < 1.29 is 13.2 Å². The lowest BCUT2D eigenvalue weighted by Crippen LogP contribution is -2.38. The molecule has 29 heavy (non-hydrogen) atoms. The Morgan fingerprint density at radius 1 is 1.10 bits per heavy atom. The van der Waals surface area contributed by atoms with Gasteiger partial charge in [-0.15, -0.1) is 11.3 Å². The van der Waals surface area contributed by atoms with Crippen molar-refractivity contribution in [2.45, 2.75) is 43.0 Å². The number of benzene rings is 2. The Balaban J connectivity index is 1.52. The van der Waals surface area contributed by atoms with Crippen LogP contribution in [0.25, 0.3) is 10.2 Å². The number of rotatable bonds is 3. The number of sulfonamides is 1. The molecular weight excluding hydrogens is 406 g/mol. The maximum absolute atomic E-state index is 13.6.